The van der Waals surface area contributed by atoms with Gasteiger partial charge >= 0.3 is 0 Å². The van der Waals surface area contributed by atoms with Crippen molar-refractivity contribution in [3.63, 3.8) is 0 Å². The lowest BCUT2D eigenvalue weighted by atomic mass is 9.64. The first-order valence-electron chi connectivity index (χ1n) is 8.79. The third-order valence-electron chi connectivity index (χ3n) is 5.11. The molecule has 1 saturated carbocycles. The average Bonchev–Trinajstić information content (AvgIpc) is 3.12. The number of hydrogen-bond donors (Lipinski definition) is 2. The normalized spacial score (nSPS) is 15.1. The molecule has 3 N–H and O–H groups in total. The number of amides is 1. The topological polar surface area (TPSA) is 80.9 Å². The van der Waals surface area contributed by atoms with Gasteiger partial charge in [0.1, 0.15) is 0 Å². The molecule has 4 rings (SSSR count). The van der Waals surface area contributed by atoms with Gasteiger partial charge in [0.25, 0.3) is 5.91 Å². The van der Waals surface area contributed by atoms with E-state index in [4.69, 9.17) is 17.3 Å². The van der Waals surface area contributed by atoms with Gasteiger partial charge < -0.3 is 11.1 Å². The van der Waals surface area contributed by atoms with Crippen molar-refractivity contribution in [3.8, 4) is 10.6 Å². The highest BCUT2D eigenvalue weighted by Crippen LogP contribution is 2.43. The van der Waals surface area contributed by atoms with Crippen molar-refractivity contribution in [2.75, 3.05) is 12.3 Å². The predicted octanol–water partition coefficient (Wildman–Crippen LogP) is 4.29. The molecule has 5 nitrogen and oxygen atoms in total. The highest BCUT2D eigenvalue weighted by Gasteiger charge is 2.38. The molecule has 0 aliphatic heterocycles. The minimum atomic E-state index is -0.0616. The molecule has 0 saturated heterocycles. The molecule has 1 amide bonds. The number of anilines is 1. The Morgan fingerprint density at radius 2 is 1.96 bits per heavy atom. The largest absolute Gasteiger partial charge is 0.368 e. The van der Waals surface area contributed by atoms with Crippen molar-refractivity contribution in [3.05, 3.63) is 64.1 Å². The van der Waals surface area contributed by atoms with Crippen LogP contribution in [-0.4, -0.2) is 22.4 Å². The van der Waals surface area contributed by atoms with Crippen LogP contribution in [0.5, 0.6) is 0 Å². The molecule has 0 radical (unpaired) electrons. The molecule has 0 unspecified atom stereocenters. The minimum absolute atomic E-state index is 0.0153. The van der Waals surface area contributed by atoms with Gasteiger partial charge in [0.05, 0.1) is 15.4 Å². The minimum Gasteiger partial charge on any atom is -0.368 e. The lowest BCUT2D eigenvalue weighted by molar-refractivity contribution is 0.0932. The van der Waals surface area contributed by atoms with Crippen LogP contribution in [0.4, 0.5) is 5.95 Å². The van der Waals surface area contributed by atoms with E-state index in [-0.39, 0.29) is 17.3 Å². The van der Waals surface area contributed by atoms with Crippen molar-refractivity contribution in [1.29, 1.82) is 0 Å². The Kier molecular flexibility index (Phi) is 4.85. The second-order valence-electron chi connectivity index (χ2n) is 6.79. The summed E-state index contributed by atoms with van der Waals surface area (Å²) in [5.41, 5.74) is 7.62. The summed E-state index contributed by atoms with van der Waals surface area (Å²) in [7, 11) is 0. The smallest absolute Gasteiger partial charge is 0.261 e. The number of benzene rings is 1. The molecule has 1 aliphatic rings. The zero-order chi connectivity index (χ0) is 18.9. The predicted molar refractivity (Wildman–Crippen MR) is 109 cm³/mol. The van der Waals surface area contributed by atoms with Crippen molar-refractivity contribution >= 4 is 34.8 Å². The van der Waals surface area contributed by atoms with E-state index in [0.717, 1.165) is 28.4 Å². The van der Waals surface area contributed by atoms with Gasteiger partial charge in [0, 0.05) is 23.2 Å². The quantitative estimate of drug-likeness (QED) is 0.671. The van der Waals surface area contributed by atoms with Crippen molar-refractivity contribution in [2.24, 2.45) is 0 Å². The summed E-state index contributed by atoms with van der Waals surface area (Å²) < 4.78 is 0. The zero-order valence-corrected chi connectivity index (χ0v) is 16.2. The van der Waals surface area contributed by atoms with Crippen LogP contribution in [0.3, 0.4) is 0 Å². The first-order chi connectivity index (χ1) is 13.1. The first kappa shape index (κ1) is 17.9. The molecule has 1 aromatic carbocycles. The van der Waals surface area contributed by atoms with Gasteiger partial charge in [0.2, 0.25) is 5.95 Å². The molecule has 0 atom stereocenters. The van der Waals surface area contributed by atoms with E-state index in [2.05, 4.69) is 27.4 Å². The number of nitrogens with one attached hydrogen (secondary N) is 1. The first-order valence-corrected chi connectivity index (χ1v) is 9.98. The summed E-state index contributed by atoms with van der Waals surface area (Å²) in [4.78, 5) is 22.3. The Labute approximate surface area is 166 Å². The Balaban J connectivity index is 1.46. The molecule has 1 fully saturated rings. The Morgan fingerprint density at radius 3 is 2.63 bits per heavy atom. The molecule has 3 aromatic rings. The van der Waals surface area contributed by atoms with Crippen LogP contribution in [0.2, 0.25) is 5.02 Å². The van der Waals surface area contributed by atoms with E-state index in [1.165, 1.54) is 23.3 Å². The van der Waals surface area contributed by atoms with Gasteiger partial charge in [-0.15, -0.1) is 11.3 Å². The summed E-state index contributed by atoms with van der Waals surface area (Å²) in [5, 5.41) is 3.84. The maximum Gasteiger partial charge on any atom is 0.261 e. The molecule has 7 heteroatoms. The third kappa shape index (κ3) is 3.68. The van der Waals surface area contributed by atoms with Gasteiger partial charge in [-0.05, 0) is 48.7 Å². The molecule has 0 spiro atoms. The van der Waals surface area contributed by atoms with Crippen LogP contribution >= 0.6 is 22.9 Å². The highest BCUT2D eigenvalue weighted by atomic mass is 35.5. The zero-order valence-electron chi connectivity index (χ0n) is 14.6. The van der Waals surface area contributed by atoms with Gasteiger partial charge in [-0.3, -0.25) is 4.79 Å². The van der Waals surface area contributed by atoms with E-state index in [9.17, 15) is 4.79 Å². The van der Waals surface area contributed by atoms with E-state index in [1.807, 2.05) is 24.3 Å². The van der Waals surface area contributed by atoms with Gasteiger partial charge in [-0.25, -0.2) is 9.97 Å². The van der Waals surface area contributed by atoms with Gasteiger partial charge in [-0.2, -0.15) is 0 Å². The average molecular weight is 399 g/mol. The van der Waals surface area contributed by atoms with Crippen LogP contribution in [0.25, 0.3) is 10.6 Å². The molecule has 0 bridgehead atoms. The van der Waals surface area contributed by atoms with Crippen LogP contribution in [0.1, 0.15) is 34.5 Å². The van der Waals surface area contributed by atoms with E-state index >= 15 is 0 Å². The second-order valence-corrected chi connectivity index (χ2v) is 8.31. The van der Waals surface area contributed by atoms with Gasteiger partial charge in [0.15, 0.2) is 0 Å². The Bertz CT molecular complexity index is 966. The molecule has 2 aromatic heterocycles. The van der Waals surface area contributed by atoms with Gasteiger partial charge in [-0.1, -0.05) is 30.2 Å². The number of nitrogen functional groups attached to an aromatic ring is 1. The molecule has 2 heterocycles. The Morgan fingerprint density at radius 1 is 1.19 bits per heavy atom. The summed E-state index contributed by atoms with van der Waals surface area (Å²) >= 11 is 7.41. The fourth-order valence-corrected chi connectivity index (χ4v) is 4.44. The second kappa shape index (κ2) is 7.29. The van der Waals surface area contributed by atoms with Crippen LogP contribution in [0.15, 0.2) is 48.7 Å². The SMILES string of the molecule is Nc1nccc(-c2ccc(C(=O)NCC3(c4ccc(Cl)cc4)CCC3)s2)n1. The number of thiophene rings is 1. The number of halogens is 1. The van der Waals surface area contributed by atoms with Crippen molar-refractivity contribution in [2.45, 2.75) is 24.7 Å². The summed E-state index contributed by atoms with van der Waals surface area (Å²) in [6.45, 7) is 0.626. The monoisotopic (exact) mass is 398 g/mol. The number of rotatable bonds is 5. The highest BCUT2D eigenvalue weighted by molar-refractivity contribution is 7.17. The van der Waals surface area contributed by atoms with E-state index < -0.39 is 0 Å². The standard InChI is InChI=1S/C20H19ClN4OS/c21-14-4-2-13(3-5-14)20(9-1-10-20)12-24-18(26)17-7-6-16(27-17)15-8-11-23-19(22)25-15/h2-8,11H,1,9-10,12H2,(H,24,26)(H2,22,23,25). The lowest BCUT2D eigenvalue weighted by Crippen LogP contribution is -2.45. The molecule has 138 valence electrons. The maximum absolute atomic E-state index is 12.6. The number of carbonyl (C=O) groups excluding carboxylic acids is 1. The van der Waals surface area contributed by atoms with Crippen LogP contribution in [-0.2, 0) is 5.41 Å². The number of hydrogen-bond acceptors (Lipinski definition) is 5. The lowest BCUT2D eigenvalue weighted by Gasteiger charge is -2.42. The fourth-order valence-electron chi connectivity index (χ4n) is 3.42. The third-order valence-corrected chi connectivity index (χ3v) is 6.47. The number of nitrogens with two attached hydrogens (primary N) is 1. The number of aromatic nitrogens is 2. The number of carbonyl (C=O) groups is 1. The fraction of sp³-hybridized carbons (Fsp3) is 0.250. The number of nitrogens with zero attached hydrogens (tertiary/aromatic N) is 2. The van der Waals surface area contributed by atoms with Crippen LogP contribution < -0.4 is 11.1 Å². The van der Waals surface area contributed by atoms with Crippen molar-refractivity contribution in [1.82, 2.24) is 15.3 Å². The maximum atomic E-state index is 12.6. The molecule has 27 heavy (non-hydrogen) atoms. The molecule has 1 aliphatic carbocycles. The van der Waals surface area contributed by atoms with Crippen LogP contribution in [0, 0.1) is 0 Å². The summed E-state index contributed by atoms with van der Waals surface area (Å²) in [6.07, 6.45) is 4.94. The Hall–Kier alpha value is -2.44. The molecular weight excluding hydrogens is 380 g/mol. The summed E-state index contributed by atoms with van der Waals surface area (Å²) in [5.74, 6) is 0.162. The van der Waals surface area contributed by atoms with E-state index in [0.29, 0.717) is 11.4 Å². The van der Waals surface area contributed by atoms with E-state index in [1.54, 1.807) is 12.3 Å². The van der Waals surface area contributed by atoms with Crippen molar-refractivity contribution < 1.29 is 4.79 Å². The summed E-state index contributed by atoms with van der Waals surface area (Å²) in [6, 6.07) is 13.5. The molecular formula is C20H19ClN4OS.